The third-order valence-electron chi connectivity index (χ3n) is 2.65. The average Bonchev–Trinajstić information content (AvgIpc) is 2.37. The number of hydrogen-bond acceptors (Lipinski definition) is 3. The van der Waals surface area contributed by atoms with Crippen LogP contribution in [0.2, 0.25) is 0 Å². The van der Waals surface area contributed by atoms with Gasteiger partial charge in [0, 0.05) is 15.9 Å². The molecule has 1 atom stereocenters. The van der Waals surface area contributed by atoms with Crippen molar-refractivity contribution in [1.29, 1.82) is 0 Å². The second-order valence-electron chi connectivity index (χ2n) is 4.11. The highest BCUT2D eigenvalue weighted by molar-refractivity contribution is 9.10. The molecule has 3 N–H and O–H groups in total. The summed E-state index contributed by atoms with van der Waals surface area (Å²) in [6.07, 6.45) is 0.656. The molecule has 19 heavy (non-hydrogen) atoms. The quantitative estimate of drug-likeness (QED) is 0.348. The van der Waals surface area contributed by atoms with Gasteiger partial charge in [-0.05, 0) is 42.6 Å². The molecule has 0 spiro atoms. The van der Waals surface area contributed by atoms with Crippen LogP contribution in [0.3, 0.4) is 0 Å². The van der Waals surface area contributed by atoms with Crippen molar-refractivity contribution in [2.24, 2.45) is 10.8 Å². The van der Waals surface area contributed by atoms with Gasteiger partial charge >= 0.3 is 0 Å². The topological polar surface area (TPSA) is 104 Å². The maximum atomic E-state index is 11.5. The molecule has 6 nitrogen and oxygen atoms in total. The molecule has 1 amide bonds. The first-order valence-corrected chi connectivity index (χ1v) is 6.65. The van der Waals surface area contributed by atoms with E-state index in [1.165, 1.54) is 0 Å². The van der Waals surface area contributed by atoms with Crippen LogP contribution >= 0.6 is 15.9 Å². The fourth-order valence-corrected chi connectivity index (χ4v) is 1.92. The largest absolute Gasteiger partial charge is 0.368 e. The van der Waals surface area contributed by atoms with Crippen molar-refractivity contribution in [2.45, 2.75) is 19.4 Å². The summed E-state index contributed by atoms with van der Waals surface area (Å²) in [5.74, 6) is -0.425. The summed E-state index contributed by atoms with van der Waals surface area (Å²) in [6.45, 7) is 2.91. The van der Waals surface area contributed by atoms with Crippen LogP contribution in [0.4, 0.5) is 0 Å². The molecular weight excluding hydrogens is 310 g/mol. The predicted octanol–water partition coefficient (Wildman–Crippen LogP) is 2.57. The minimum Gasteiger partial charge on any atom is -0.368 e. The Balaban J connectivity index is 2.69. The maximum absolute atomic E-state index is 11.5. The SMILES string of the molecule is Cc1cc(C(NCCCN=[N+]=[N-])C(N)=O)ccc1Br. The lowest BCUT2D eigenvalue weighted by molar-refractivity contribution is -0.120. The second-order valence-corrected chi connectivity index (χ2v) is 4.96. The first-order valence-electron chi connectivity index (χ1n) is 5.86. The van der Waals surface area contributed by atoms with Gasteiger partial charge in [0.1, 0.15) is 6.04 Å². The van der Waals surface area contributed by atoms with Gasteiger partial charge in [-0.25, -0.2) is 0 Å². The standard InChI is InChI=1S/C12H16BrN5O/c1-8-7-9(3-4-10(8)13)11(12(14)19)16-5-2-6-17-18-15/h3-4,7,11,16H,2,5-6H2,1H3,(H2,14,19). The Hall–Kier alpha value is -1.56. The molecule has 0 bridgehead atoms. The van der Waals surface area contributed by atoms with Gasteiger partial charge in [0.25, 0.3) is 0 Å². The van der Waals surface area contributed by atoms with Crippen LogP contribution in [0, 0.1) is 6.92 Å². The fourth-order valence-electron chi connectivity index (χ4n) is 1.67. The lowest BCUT2D eigenvalue weighted by Crippen LogP contribution is -2.34. The zero-order valence-electron chi connectivity index (χ0n) is 10.6. The normalized spacial score (nSPS) is 11.7. The molecule has 0 saturated carbocycles. The van der Waals surface area contributed by atoms with Crippen LogP contribution in [-0.4, -0.2) is 19.0 Å². The van der Waals surface area contributed by atoms with Crippen molar-refractivity contribution < 1.29 is 4.79 Å². The minimum atomic E-state index is -0.530. The van der Waals surface area contributed by atoms with Gasteiger partial charge in [-0.3, -0.25) is 4.79 Å². The Morgan fingerprint density at radius 1 is 1.63 bits per heavy atom. The van der Waals surface area contributed by atoms with Gasteiger partial charge < -0.3 is 11.1 Å². The number of azide groups is 1. The van der Waals surface area contributed by atoms with E-state index in [1.807, 2.05) is 25.1 Å². The molecule has 1 rings (SSSR count). The Morgan fingerprint density at radius 3 is 2.95 bits per heavy atom. The van der Waals surface area contributed by atoms with Crippen LogP contribution in [-0.2, 0) is 4.79 Å². The summed E-state index contributed by atoms with van der Waals surface area (Å²) in [4.78, 5) is 14.1. The number of nitrogens with zero attached hydrogens (tertiary/aromatic N) is 3. The van der Waals surface area contributed by atoms with E-state index in [9.17, 15) is 4.79 Å². The number of benzene rings is 1. The Labute approximate surface area is 120 Å². The van der Waals surface area contributed by atoms with E-state index >= 15 is 0 Å². The van der Waals surface area contributed by atoms with Gasteiger partial charge in [-0.15, -0.1) is 0 Å². The van der Waals surface area contributed by atoms with Gasteiger partial charge in [0.2, 0.25) is 5.91 Å². The summed E-state index contributed by atoms with van der Waals surface area (Å²) in [5.41, 5.74) is 15.4. The summed E-state index contributed by atoms with van der Waals surface area (Å²) in [7, 11) is 0. The third kappa shape index (κ3) is 4.90. The highest BCUT2D eigenvalue weighted by atomic mass is 79.9. The van der Waals surface area contributed by atoms with E-state index in [0.717, 1.165) is 15.6 Å². The number of rotatable bonds is 7. The average molecular weight is 326 g/mol. The molecule has 0 aromatic heterocycles. The van der Waals surface area contributed by atoms with E-state index in [2.05, 4.69) is 31.3 Å². The first kappa shape index (κ1) is 15.5. The molecule has 0 aliphatic heterocycles. The minimum absolute atomic E-state index is 0.397. The van der Waals surface area contributed by atoms with Crippen molar-refractivity contribution in [3.8, 4) is 0 Å². The summed E-state index contributed by atoms with van der Waals surface area (Å²) < 4.78 is 0.989. The fraction of sp³-hybridized carbons (Fsp3) is 0.417. The van der Waals surface area contributed by atoms with Gasteiger partial charge in [0.05, 0.1) is 0 Å². The third-order valence-corrected chi connectivity index (χ3v) is 3.54. The van der Waals surface area contributed by atoms with Crippen LogP contribution in [0.5, 0.6) is 0 Å². The molecule has 1 aromatic rings. The number of carbonyl (C=O) groups excluding carboxylic acids is 1. The van der Waals surface area contributed by atoms with Gasteiger partial charge in [0.15, 0.2) is 0 Å². The number of halogens is 1. The molecular formula is C12H16BrN5O. The number of nitrogens with two attached hydrogens (primary N) is 1. The molecule has 0 saturated heterocycles. The molecule has 0 fully saturated rings. The predicted molar refractivity (Wildman–Crippen MR) is 77.4 cm³/mol. The van der Waals surface area contributed by atoms with Crippen molar-refractivity contribution in [3.63, 3.8) is 0 Å². The van der Waals surface area contributed by atoms with Crippen molar-refractivity contribution in [2.75, 3.05) is 13.1 Å². The van der Waals surface area contributed by atoms with Crippen LogP contribution in [0.25, 0.3) is 10.4 Å². The van der Waals surface area contributed by atoms with Gasteiger partial charge in [-0.2, -0.15) is 0 Å². The van der Waals surface area contributed by atoms with Crippen molar-refractivity contribution in [3.05, 3.63) is 44.2 Å². The highest BCUT2D eigenvalue weighted by Gasteiger charge is 2.17. The van der Waals surface area contributed by atoms with E-state index in [0.29, 0.717) is 19.5 Å². The number of nitrogens with one attached hydrogen (secondary N) is 1. The smallest absolute Gasteiger partial charge is 0.239 e. The Morgan fingerprint density at radius 2 is 2.37 bits per heavy atom. The highest BCUT2D eigenvalue weighted by Crippen LogP contribution is 2.21. The monoisotopic (exact) mass is 325 g/mol. The van der Waals surface area contributed by atoms with E-state index in [1.54, 1.807) is 0 Å². The number of amides is 1. The number of hydrogen-bond donors (Lipinski definition) is 2. The Kier molecular flexibility index (Phi) is 6.35. The van der Waals surface area contributed by atoms with E-state index in [-0.39, 0.29) is 0 Å². The molecule has 1 unspecified atom stereocenters. The molecule has 102 valence electrons. The summed E-state index contributed by atoms with van der Waals surface area (Å²) in [5, 5.41) is 6.50. The number of primary amides is 1. The molecule has 0 heterocycles. The van der Waals surface area contributed by atoms with Crippen LogP contribution in [0.1, 0.15) is 23.6 Å². The van der Waals surface area contributed by atoms with Crippen molar-refractivity contribution >= 4 is 21.8 Å². The number of aryl methyl sites for hydroxylation is 1. The Bertz CT molecular complexity index is 499. The molecule has 1 aromatic carbocycles. The zero-order chi connectivity index (χ0) is 14.3. The van der Waals surface area contributed by atoms with E-state index < -0.39 is 11.9 Å². The van der Waals surface area contributed by atoms with E-state index in [4.69, 9.17) is 11.3 Å². The molecule has 0 aliphatic carbocycles. The maximum Gasteiger partial charge on any atom is 0.239 e. The van der Waals surface area contributed by atoms with Crippen LogP contribution in [0.15, 0.2) is 27.8 Å². The first-order chi connectivity index (χ1) is 9.06. The number of carbonyl (C=O) groups is 1. The lowest BCUT2D eigenvalue weighted by atomic mass is 10.0. The van der Waals surface area contributed by atoms with Crippen molar-refractivity contribution in [1.82, 2.24) is 5.32 Å². The molecule has 7 heteroatoms. The van der Waals surface area contributed by atoms with Gasteiger partial charge in [-0.1, -0.05) is 33.2 Å². The second kappa shape index (κ2) is 7.78. The molecule has 0 radical (unpaired) electrons. The summed E-state index contributed by atoms with van der Waals surface area (Å²) >= 11 is 3.41. The molecule has 0 aliphatic rings. The summed E-state index contributed by atoms with van der Waals surface area (Å²) in [6, 6.07) is 5.13. The van der Waals surface area contributed by atoms with Crippen LogP contribution < -0.4 is 11.1 Å². The lowest BCUT2D eigenvalue weighted by Gasteiger charge is -2.16. The zero-order valence-corrected chi connectivity index (χ0v) is 12.2.